The van der Waals surface area contributed by atoms with E-state index in [0.717, 1.165) is 4.31 Å². The molecule has 34 heavy (non-hydrogen) atoms. The smallest absolute Gasteiger partial charge is 0.243 e. The summed E-state index contributed by atoms with van der Waals surface area (Å²) in [5.74, 6) is -5.38. The molecule has 11 heteroatoms. The van der Waals surface area contributed by atoms with Crippen molar-refractivity contribution in [1.82, 2.24) is 14.1 Å². The van der Waals surface area contributed by atoms with Gasteiger partial charge in [-0.2, -0.15) is 9.40 Å². The fourth-order valence-corrected chi connectivity index (χ4v) is 6.07. The Bertz CT molecular complexity index is 1430. The average Bonchev–Trinajstić information content (AvgIpc) is 3.22. The summed E-state index contributed by atoms with van der Waals surface area (Å²) in [6.45, 7) is -0.281. The molecule has 1 saturated heterocycles. The maximum atomic E-state index is 13.7. The van der Waals surface area contributed by atoms with E-state index in [-0.39, 0.29) is 25.9 Å². The zero-order chi connectivity index (χ0) is 24.3. The first-order chi connectivity index (χ1) is 16.1. The lowest BCUT2D eigenvalue weighted by molar-refractivity contribution is -0.115. The quantitative estimate of drug-likeness (QED) is 0.317. The number of carbonyl (C=O) groups excluding carboxylic acids is 1. The van der Waals surface area contributed by atoms with Gasteiger partial charge in [0.2, 0.25) is 10.0 Å². The van der Waals surface area contributed by atoms with Gasteiger partial charge < -0.3 is 4.79 Å². The maximum Gasteiger partial charge on any atom is 0.243 e. The van der Waals surface area contributed by atoms with Crippen LogP contribution in [0.15, 0.2) is 53.1 Å². The second kappa shape index (κ2) is 7.88. The van der Waals surface area contributed by atoms with Crippen molar-refractivity contribution in [3.05, 3.63) is 82.7 Å². The minimum absolute atomic E-state index is 0.0373. The highest BCUT2D eigenvalue weighted by Gasteiger charge is 2.46. The van der Waals surface area contributed by atoms with Crippen LogP contribution in [0.5, 0.6) is 0 Å². The van der Waals surface area contributed by atoms with Crippen molar-refractivity contribution in [2.45, 2.75) is 17.7 Å². The molecule has 1 unspecified atom stereocenters. The summed E-state index contributed by atoms with van der Waals surface area (Å²) in [5, 5.41) is 4.35. The first-order valence-electron chi connectivity index (χ1n) is 10.3. The Hall–Kier alpha value is -3.31. The van der Waals surface area contributed by atoms with E-state index in [1.807, 2.05) is 0 Å². The molecule has 2 heterocycles. The lowest BCUT2D eigenvalue weighted by atomic mass is 9.70. The Balaban J connectivity index is 1.50. The standard InChI is InChI=1S/C23H17F4N3O3S/c24-16-1-3-17(4-2-16)30-21-7-15-5-6-29(12-23(15,13-31)10-14(21)11-28-30)34(32,33)18-8-19(25)22(27)20(26)9-18/h1-4,7-9,11,13H,5-6,10,12H2. The SMILES string of the molecule is O=CC12Cc3cnn(-c4ccc(F)cc4)c3C=C1CCN(S(=O)(=O)c1cc(F)c(F)c(F)c1)C2. The topological polar surface area (TPSA) is 72.3 Å². The summed E-state index contributed by atoms with van der Waals surface area (Å²) < 4.78 is 82.8. The molecule has 0 saturated carbocycles. The van der Waals surface area contributed by atoms with E-state index in [1.54, 1.807) is 29.1 Å². The van der Waals surface area contributed by atoms with E-state index >= 15 is 0 Å². The zero-order valence-corrected chi connectivity index (χ0v) is 18.3. The molecular formula is C23H17F4N3O3S. The molecule has 5 rings (SSSR count). The number of aldehydes is 1. The molecule has 1 fully saturated rings. The van der Waals surface area contributed by atoms with Gasteiger partial charge in [0.1, 0.15) is 12.1 Å². The second-order valence-electron chi connectivity index (χ2n) is 8.35. The summed E-state index contributed by atoms with van der Waals surface area (Å²) in [7, 11) is -4.40. The fourth-order valence-electron chi connectivity index (χ4n) is 4.54. The van der Waals surface area contributed by atoms with Crippen molar-refractivity contribution in [1.29, 1.82) is 0 Å². The zero-order valence-electron chi connectivity index (χ0n) is 17.5. The predicted octanol–water partition coefficient (Wildman–Crippen LogP) is 3.65. The number of fused-ring (bicyclic) bond motifs is 2. The van der Waals surface area contributed by atoms with Crippen LogP contribution in [0, 0.1) is 28.7 Å². The number of rotatable bonds is 4. The molecule has 2 aromatic carbocycles. The molecule has 3 aromatic rings. The Morgan fingerprint density at radius 3 is 2.35 bits per heavy atom. The van der Waals surface area contributed by atoms with Gasteiger partial charge in [-0.1, -0.05) is 5.57 Å². The summed E-state index contributed by atoms with van der Waals surface area (Å²) in [4.78, 5) is 11.6. The number of hydrogen-bond acceptors (Lipinski definition) is 4. The summed E-state index contributed by atoms with van der Waals surface area (Å²) in [6.07, 6.45) is 4.39. The van der Waals surface area contributed by atoms with Gasteiger partial charge in [0.25, 0.3) is 0 Å². The van der Waals surface area contributed by atoms with Gasteiger partial charge in [0.05, 0.1) is 27.9 Å². The number of halogens is 4. The van der Waals surface area contributed by atoms with Gasteiger partial charge in [-0.05, 0) is 60.9 Å². The van der Waals surface area contributed by atoms with E-state index in [1.165, 1.54) is 12.1 Å². The van der Waals surface area contributed by atoms with Crippen LogP contribution in [0.25, 0.3) is 11.8 Å². The van der Waals surface area contributed by atoms with Crippen molar-refractivity contribution >= 4 is 22.4 Å². The maximum absolute atomic E-state index is 13.7. The predicted molar refractivity (Wildman–Crippen MR) is 113 cm³/mol. The van der Waals surface area contributed by atoms with Crippen LogP contribution in [0.1, 0.15) is 17.7 Å². The number of hydrogen-bond donors (Lipinski definition) is 0. The molecule has 6 nitrogen and oxygen atoms in total. The minimum atomic E-state index is -4.40. The first kappa shape index (κ1) is 22.5. The van der Waals surface area contributed by atoms with E-state index in [0.29, 0.717) is 40.9 Å². The molecule has 0 amide bonds. The van der Waals surface area contributed by atoms with E-state index in [2.05, 4.69) is 5.10 Å². The first-order valence-corrected chi connectivity index (χ1v) is 11.7. The van der Waals surface area contributed by atoms with Crippen LogP contribution in [0.2, 0.25) is 0 Å². The highest BCUT2D eigenvalue weighted by molar-refractivity contribution is 7.89. The fraction of sp³-hybridized carbons (Fsp3) is 0.217. The number of piperidine rings is 1. The summed E-state index contributed by atoms with van der Waals surface area (Å²) in [6, 6.07) is 6.60. The Kier molecular flexibility index (Phi) is 5.21. The lowest BCUT2D eigenvalue weighted by Gasteiger charge is -2.42. The third kappa shape index (κ3) is 3.46. The van der Waals surface area contributed by atoms with Crippen molar-refractivity contribution in [2.75, 3.05) is 13.1 Å². The van der Waals surface area contributed by atoms with Gasteiger partial charge in [-0.15, -0.1) is 0 Å². The van der Waals surface area contributed by atoms with Gasteiger partial charge in [-0.3, -0.25) is 0 Å². The molecular weight excluding hydrogens is 474 g/mol. The third-order valence-electron chi connectivity index (χ3n) is 6.32. The third-order valence-corrected chi connectivity index (χ3v) is 8.15. The highest BCUT2D eigenvalue weighted by Crippen LogP contribution is 2.44. The molecule has 1 aliphatic heterocycles. The lowest BCUT2D eigenvalue weighted by Crippen LogP contribution is -2.50. The number of aromatic nitrogens is 2. The van der Waals surface area contributed by atoms with Gasteiger partial charge in [0, 0.05) is 13.1 Å². The largest absolute Gasteiger partial charge is 0.302 e. The molecule has 176 valence electrons. The highest BCUT2D eigenvalue weighted by atomic mass is 32.2. The van der Waals surface area contributed by atoms with Crippen LogP contribution >= 0.6 is 0 Å². The van der Waals surface area contributed by atoms with Crippen LogP contribution < -0.4 is 0 Å². The molecule has 1 aliphatic carbocycles. The second-order valence-corrected chi connectivity index (χ2v) is 10.3. The number of sulfonamides is 1. The van der Waals surface area contributed by atoms with Crippen molar-refractivity contribution in [3.8, 4) is 5.69 Å². The van der Waals surface area contributed by atoms with Crippen molar-refractivity contribution in [2.24, 2.45) is 5.41 Å². The molecule has 0 radical (unpaired) electrons. The molecule has 0 spiro atoms. The van der Waals surface area contributed by atoms with Crippen LogP contribution in [0.4, 0.5) is 17.6 Å². The van der Waals surface area contributed by atoms with E-state index in [9.17, 15) is 30.8 Å². The normalized spacial score (nSPS) is 20.4. The summed E-state index contributed by atoms with van der Waals surface area (Å²) in [5.41, 5.74) is 1.53. The number of benzene rings is 2. The van der Waals surface area contributed by atoms with Crippen LogP contribution in [-0.4, -0.2) is 41.9 Å². The van der Waals surface area contributed by atoms with Crippen LogP contribution in [0.3, 0.4) is 0 Å². The molecule has 0 N–H and O–H groups in total. The van der Waals surface area contributed by atoms with E-state index < -0.39 is 43.6 Å². The van der Waals surface area contributed by atoms with Gasteiger partial charge in [-0.25, -0.2) is 30.7 Å². The van der Waals surface area contributed by atoms with Crippen LogP contribution in [-0.2, 0) is 21.2 Å². The van der Waals surface area contributed by atoms with Gasteiger partial charge in [0.15, 0.2) is 17.5 Å². The average molecular weight is 491 g/mol. The number of carbonyl (C=O) groups is 1. The van der Waals surface area contributed by atoms with Gasteiger partial charge >= 0.3 is 0 Å². The van der Waals surface area contributed by atoms with E-state index in [4.69, 9.17) is 0 Å². The Labute approximate surface area is 192 Å². The number of nitrogens with zero attached hydrogens (tertiary/aromatic N) is 3. The molecule has 1 aromatic heterocycles. The molecule has 2 aliphatic rings. The molecule has 1 atom stereocenters. The molecule has 0 bridgehead atoms. The summed E-state index contributed by atoms with van der Waals surface area (Å²) >= 11 is 0. The van der Waals surface area contributed by atoms with Crippen molar-refractivity contribution < 1.29 is 30.8 Å². The minimum Gasteiger partial charge on any atom is -0.302 e. The Morgan fingerprint density at radius 1 is 1.03 bits per heavy atom. The monoisotopic (exact) mass is 491 g/mol. The Morgan fingerprint density at radius 2 is 1.71 bits per heavy atom. The van der Waals surface area contributed by atoms with Crippen molar-refractivity contribution in [3.63, 3.8) is 0 Å².